The number of imidazole rings is 1. The number of nitrogens with zero attached hydrogens (tertiary/aromatic N) is 4. The third kappa shape index (κ3) is 1.85. The van der Waals surface area contributed by atoms with Crippen LogP contribution >= 0.6 is 0 Å². The van der Waals surface area contributed by atoms with Crippen LogP contribution in [0.5, 0.6) is 0 Å². The van der Waals surface area contributed by atoms with Gasteiger partial charge in [0.05, 0.1) is 23.4 Å². The number of fused-ring (bicyclic) bond motifs is 3. The lowest BCUT2D eigenvalue weighted by atomic mass is 9.86. The molecule has 0 bridgehead atoms. The molecule has 0 radical (unpaired) electrons. The Morgan fingerprint density at radius 2 is 2.23 bits per heavy atom. The van der Waals surface area contributed by atoms with Crippen LogP contribution in [0, 0.1) is 5.92 Å². The minimum atomic E-state index is -0.855. The first-order valence-corrected chi connectivity index (χ1v) is 7.42. The third-order valence-corrected chi connectivity index (χ3v) is 4.65. The fraction of sp³-hybridized carbons (Fsp3) is 0.400. The highest BCUT2D eigenvalue weighted by molar-refractivity contribution is 5.75. The van der Waals surface area contributed by atoms with Crippen LogP contribution in [0.1, 0.15) is 25.1 Å². The Morgan fingerprint density at radius 3 is 3.05 bits per heavy atom. The molecule has 114 valence electrons. The quantitative estimate of drug-likeness (QED) is 0.722. The Labute approximate surface area is 126 Å². The molecule has 1 fully saturated rings. The van der Waals surface area contributed by atoms with Gasteiger partial charge in [0.1, 0.15) is 5.82 Å². The molecule has 2 unspecified atom stereocenters. The van der Waals surface area contributed by atoms with Gasteiger partial charge in [0.2, 0.25) is 0 Å². The van der Waals surface area contributed by atoms with Crippen molar-refractivity contribution >= 4 is 22.8 Å². The van der Waals surface area contributed by atoms with Crippen molar-refractivity contribution in [3.05, 3.63) is 30.5 Å². The number of carbonyl (C=O) groups is 1. The summed E-state index contributed by atoms with van der Waals surface area (Å²) in [7, 11) is 0. The van der Waals surface area contributed by atoms with Gasteiger partial charge in [-0.1, -0.05) is 6.92 Å². The highest BCUT2D eigenvalue weighted by Gasteiger charge is 2.32. The highest BCUT2D eigenvalue weighted by Crippen LogP contribution is 2.32. The Balaban J connectivity index is 1.85. The molecule has 7 heteroatoms. The molecule has 0 aliphatic carbocycles. The number of aromatic amines is 1. The number of carboxylic acid groups (broad SMARTS) is 1. The summed E-state index contributed by atoms with van der Waals surface area (Å²) in [4.78, 5) is 24.8. The maximum Gasteiger partial charge on any atom is 0.407 e. The van der Waals surface area contributed by atoms with E-state index in [1.807, 2.05) is 12.3 Å². The van der Waals surface area contributed by atoms with E-state index in [0.717, 1.165) is 28.9 Å². The molecule has 1 saturated heterocycles. The van der Waals surface area contributed by atoms with Crippen LogP contribution in [0.25, 0.3) is 16.7 Å². The first kappa shape index (κ1) is 13.1. The predicted molar refractivity (Wildman–Crippen MR) is 81.0 cm³/mol. The van der Waals surface area contributed by atoms with Crippen LogP contribution in [0.2, 0.25) is 0 Å². The normalized spacial score (nSPS) is 22.5. The molecule has 1 amide bonds. The minimum Gasteiger partial charge on any atom is -0.465 e. The maximum absolute atomic E-state index is 11.3. The molecule has 3 aromatic rings. The van der Waals surface area contributed by atoms with E-state index in [-0.39, 0.29) is 5.92 Å². The van der Waals surface area contributed by atoms with Gasteiger partial charge in [-0.3, -0.25) is 4.40 Å². The van der Waals surface area contributed by atoms with Crippen molar-refractivity contribution in [2.45, 2.75) is 19.3 Å². The number of amides is 1. The van der Waals surface area contributed by atoms with E-state index in [4.69, 9.17) is 0 Å². The second-order valence-corrected chi connectivity index (χ2v) is 5.95. The van der Waals surface area contributed by atoms with Crippen molar-refractivity contribution in [3.8, 4) is 0 Å². The van der Waals surface area contributed by atoms with Crippen LogP contribution in [-0.4, -0.2) is 48.5 Å². The summed E-state index contributed by atoms with van der Waals surface area (Å²) in [5.41, 5.74) is 2.72. The third-order valence-electron chi connectivity index (χ3n) is 4.65. The molecule has 0 saturated carbocycles. The van der Waals surface area contributed by atoms with E-state index in [9.17, 15) is 9.90 Å². The number of H-pyrrole nitrogens is 1. The summed E-state index contributed by atoms with van der Waals surface area (Å²) in [6.07, 6.45) is 5.45. The molecule has 4 rings (SSSR count). The Kier molecular flexibility index (Phi) is 2.82. The van der Waals surface area contributed by atoms with Gasteiger partial charge in [0, 0.05) is 25.2 Å². The molecule has 4 heterocycles. The zero-order chi connectivity index (χ0) is 15.3. The van der Waals surface area contributed by atoms with Crippen LogP contribution in [0.15, 0.2) is 24.7 Å². The van der Waals surface area contributed by atoms with E-state index in [1.165, 1.54) is 4.90 Å². The molecule has 1 aliphatic rings. The Hall–Kier alpha value is -2.57. The molecular weight excluding hydrogens is 282 g/mol. The minimum absolute atomic E-state index is 0.0906. The maximum atomic E-state index is 11.3. The van der Waals surface area contributed by atoms with E-state index in [2.05, 4.69) is 26.3 Å². The molecule has 3 aromatic heterocycles. The topological polar surface area (TPSA) is 86.5 Å². The molecular formula is C15H17N5O2. The first-order valence-electron chi connectivity index (χ1n) is 7.42. The summed E-state index contributed by atoms with van der Waals surface area (Å²) >= 11 is 0. The zero-order valence-electron chi connectivity index (χ0n) is 12.2. The number of nitrogens with one attached hydrogen (secondary N) is 1. The van der Waals surface area contributed by atoms with Gasteiger partial charge in [-0.05, 0) is 18.4 Å². The second kappa shape index (κ2) is 4.72. The number of hydrogen-bond acceptors (Lipinski definition) is 3. The fourth-order valence-electron chi connectivity index (χ4n) is 3.34. The molecule has 2 atom stereocenters. The van der Waals surface area contributed by atoms with Gasteiger partial charge in [0.25, 0.3) is 0 Å². The van der Waals surface area contributed by atoms with Crippen molar-refractivity contribution in [2.24, 2.45) is 5.92 Å². The van der Waals surface area contributed by atoms with Crippen LogP contribution in [0.3, 0.4) is 0 Å². The number of piperidine rings is 1. The average Bonchev–Trinajstić information content (AvgIpc) is 3.13. The van der Waals surface area contributed by atoms with E-state index in [1.54, 1.807) is 12.4 Å². The van der Waals surface area contributed by atoms with Crippen LogP contribution < -0.4 is 0 Å². The van der Waals surface area contributed by atoms with Gasteiger partial charge in [-0.2, -0.15) is 0 Å². The van der Waals surface area contributed by atoms with Gasteiger partial charge in [0.15, 0.2) is 5.65 Å². The van der Waals surface area contributed by atoms with Crippen molar-refractivity contribution in [1.29, 1.82) is 0 Å². The molecule has 22 heavy (non-hydrogen) atoms. The molecule has 0 aromatic carbocycles. The van der Waals surface area contributed by atoms with Crippen molar-refractivity contribution < 1.29 is 9.90 Å². The van der Waals surface area contributed by atoms with E-state index >= 15 is 0 Å². The summed E-state index contributed by atoms with van der Waals surface area (Å²) < 4.78 is 2.09. The fourth-order valence-corrected chi connectivity index (χ4v) is 3.34. The largest absolute Gasteiger partial charge is 0.465 e. The summed E-state index contributed by atoms with van der Waals surface area (Å²) in [6.45, 7) is 3.25. The van der Waals surface area contributed by atoms with Gasteiger partial charge >= 0.3 is 6.09 Å². The van der Waals surface area contributed by atoms with Crippen LogP contribution in [-0.2, 0) is 0 Å². The molecule has 7 nitrogen and oxygen atoms in total. The smallest absolute Gasteiger partial charge is 0.407 e. The molecule has 2 N–H and O–H groups in total. The van der Waals surface area contributed by atoms with Crippen LogP contribution in [0.4, 0.5) is 4.79 Å². The summed E-state index contributed by atoms with van der Waals surface area (Å²) in [6, 6.07) is 1.98. The number of likely N-dealkylation sites (tertiary alicyclic amines) is 1. The molecule has 0 spiro atoms. The monoisotopic (exact) mass is 299 g/mol. The number of hydrogen-bond donors (Lipinski definition) is 2. The lowest BCUT2D eigenvalue weighted by Crippen LogP contribution is -2.41. The van der Waals surface area contributed by atoms with Gasteiger partial charge in [-0.25, -0.2) is 14.8 Å². The first-order chi connectivity index (χ1) is 10.6. The Morgan fingerprint density at radius 1 is 1.41 bits per heavy atom. The predicted octanol–water partition coefficient (Wildman–Crippen LogP) is 2.31. The van der Waals surface area contributed by atoms with E-state index in [0.29, 0.717) is 19.0 Å². The average molecular weight is 299 g/mol. The SMILES string of the molecule is CC1CCN(C(=O)O)CC1c1ncc2cnc3[nH]ccc3n12. The number of aromatic nitrogens is 4. The van der Waals surface area contributed by atoms with Crippen molar-refractivity contribution in [1.82, 2.24) is 24.3 Å². The standard InChI is InChI=1S/C15H17N5O2/c1-9-3-5-19(15(21)22)8-11(9)14-18-7-10-6-17-13-12(20(10)14)2-4-16-13/h2,4,6-7,9,11,16H,3,5,8H2,1H3,(H,21,22). The lowest BCUT2D eigenvalue weighted by Gasteiger charge is -2.34. The second-order valence-electron chi connectivity index (χ2n) is 5.95. The van der Waals surface area contributed by atoms with E-state index < -0.39 is 6.09 Å². The zero-order valence-corrected chi connectivity index (χ0v) is 12.2. The Bertz CT molecular complexity index is 852. The lowest BCUT2D eigenvalue weighted by molar-refractivity contribution is 0.117. The molecule has 1 aliphatic heterocycles. The van der Waals surface area contributed by atoms with Gasteiger partial charge in [-0.15, -0.1) is 0 Å². The van der Waals surface area contributed by atoms with Gasteiger partial charge < -0.3 is 15.0 Å². The van der Waals surface area contributed by atoms with Crippen molar-refractivity contribution in [2.75, 3.05) is 13.1 Å². The summed E-state index contributed by atoms with van der Waals surface area (Å²) in [5, 5.41) is 9.28. The highest BCUT2D eigenvalue weighted by atomic mass is 16.4. The van der Waals surface area contributed by atoms with Crippen molar-refractivity contribution in [3.63, 3.8) is 0 Å². The number of rotatable bonds is 1. The summed E-state index contributed by atoms with van der Waals surface area (Å²) in [5.74, 6) is 1.40.